The monoisotopic (exact) mass is 290 g/mol. The Bertz CT molecular complexity index is 476. The number of nitrogens with one attached hydrogen (secondary N) is 1. The van der Waals surface area contributed by atoms with Crippen molar-refractivity contribution in [2.75, 3.05) is 6.61 Å². The van der Waals surface area contributed by atoms with E-state index in [-0.39, 0.29) is 18.0 Å². The van der Waals surface area contributed by atoms with Crippen molar-refractivity contribution in [2.45, 2.75) is 51.6 Å². The lowest BCUT2D eigenvalue weighted by Gasteiger charge is -2.18. The maximum atomic E-state index is 12.0. The molecule has 1 fully saturated rings. The van der Waals surface area contributed by atoms with Gasteiger partial charge in [0, 0.05) is 12.5 Å². The molecule has 1 aromatic carbocycles. The first-order valence-corrected chi connectivity index (χ1v) is 7.79. The fourth-order valence-electron chi connectivity index (χ4n) is 2.86. The molecular weight excluding hydrogens is 264 g/mol. The average Bonchev–Trinajstić information content (AvgIpc) is 2.82. The zero-order valence-corrected chi connectivity index (χ0v) is 13.0. The van der Waals surface area contributed by atoms with Crippen LogP contribution >= 0.6 is 0 Å². The molecule has 1 aliphatic carbocycles. The van der Waals surface area contributed by atoms with Gasteiger partial charge in [-0.3, -0.25) is 4.79 Å². The number of aryl methyl sites for hydroxylation is 1. The van der Waals surface area contributed by atoms with Gasteiger partial charge in [-0.2, -0.15) is 0 Å². The standard InChI is InChI=1S/C17H26N2O2/c1-12-5-3-7-15(9-12)21-11-13(2)19-17(20)10-14-6-4-8-16(14)18/h3,5,7,9,13-14,16H,4,6,8,10-11,18H2,1-2H3,(H,19,20)/t13?,14-,16+/m0/s1. The van der Waals surface area contributed by atoms with Crippen LogP contribution in [0.4, 0.5) is 0 Å². The number of rotatable bonds is 6. The second-order valence-electron chi connectivity index (χ2n) is 6.16. The summed E-state index contributed by atoms with van der Waals surface area (Å²) < 4.78 is 5.70. The molecule has 0 heterocycles. The Morgan fingerprint density at radius 1 is 1.48 bits per heavy atom. The number of nitrogens with two attached hydrogens (primary N) is 1. The van der Waals surface area contributed by atoms with Gasteiger partial charge >= 0.3 is 0 Å². The van der Waals surface area contributed by atoms with Gasteiger partial charge in [0.2, 0.25) is 5.91 Å². The summed E-state index contributed by atoms with van der Waals surface area (Å²) in [6.45, 7) is 4.47. The van der Waals surface area contributed by atoms with Crippen LogP contribution in [0.2, 0.25) is 0 Å². The Kier molecular flexibility index (Phi) is 5.62. The lowest BCUT2D eigenvalue weighted by Crippen LogP contribution is -2.39. The Balaban J connectivity index is 1.71. The highest BCUT2D eigenvalue weighted by molar-refractivity contribution is 5.76. The molecule has 1 unspecified atom stereocenters. The third kappa shape index (κ3) is 5.05. The molecule has 0 aliphatic heterocycles. The maximum Gasteiger partial charge on any atom is 0.220 e. The molecule has 0 saturated heterocycles. The molecule has 0 radical (unpaired) electrons. The molecule has 0 spiro atoms. The van der Waals surface area contributed by atoms with Crippen LogP contribution in [-0.4, -0.2) is 24.6 Å². The number of amides is 1. The van der Waals surface area contributed by atoms with Crippen LogP contribution < -0.4 is 15.8 Å². The molecule has 4 heteroatoms. The summed E-state index contributed by atoms with van der Waals surface area (Å²) in [5, 5.41) is 2.99. The van der Waals surface area contributed by atoms with Gasteiger partial charge in [0.15, 0.2) is 0 Å². The highest BCUT2D eigenvalue weighted by atomic mass is 16.5. The van der Waals surface area contributed by atoms with Crippen molar-refractivity contribution in [3.05, 3.63) is 29.8 Å². The van der Waals surface area contributed by atoms with Crippen LogP contribution in [0, 0.1) is 12.8 Å². The van der Waals surface area contributed by atoms with E-state index in [4.69, 9.17) is 10.5 Å². The van der Waals surface area contributed by atoms with Crippen molar-refractivity contribution < 1.29 is 9.53 Å². The number of carbonyl (C=O) groups is 1. The average molecular weight is 290 g/mol. The van der Waals surface area contributed by atoms with Crippen molar-refractivity contribution in [1.82, 2.24) is 5.32 Å². The molecule has 3 N–H and O–H groups in total. The van der Waals surface area contributed by atoms with E-state index in [1.165, 1.54) is 5.56 Å². The van der Waals surface area contributed by atoms with Crippen molar-refractivity contribution in [1.29, 1.82) is 0 Å². The van der Waals surface area contributed by atoms with E-state index >= 15 is 0 Å². The number of ether oxygens (including phenoxy) is 1. The van der Waals surface area contributed by atoms with Crippen molar-refractivity contribution in [2.24, 2.45) is 11.7 Å². The lowest BCUT2D eigenvalue weighted by atomic mass is 10.00. The topological polar surface area (TPSA) is 64.3 Å². The summed E-state index contributed by atoms with van der Waals surface area (Å²) in [5.74, 6) is 1.27. The van der Waals surface area contributed by atoms with E-state index in [2.05, 4.69) is 5.32 Å². The van der Waals surface area contributed by atoms with Gasteiger partial charge < -0.3 is 15.8 Å². The minimum absolute atomic E-state index is 0.00404. The Labute approximate surface area is 127 Å². The highest BCUT2D eigenvalue weighted by Crippen LogP contribution is 2.26. The van der Waals surface area contributed by atoms with E-state index in [1.54, 1.807) is 0 Å². The van der Waals surface area contributed by atoms with Gasteiger partial charge in [-0.1, -0.05) is 18.6 Å². The molecule has 3 atom stereocenters. The Morgan fingerprint density at radius 2 is 2.29 bits per heavy atom. The van der Waals surface area contributed by atoms with E-state index in [0.717, 1.165) is 25.0 Å². The van der Waals surface area contributed by atoms with Gasteiger partial charge in [0.25, 0.3) is 0 Å². The lowest BCUT2D eigenvalue weighted by molar-refractivity contribution is -0.122. The molecule has 4 nitrogen and oxygen atoms in total. The van der Waals surface area contributed by atoms with Gasteiger partial charge in [0.05, 0.1) is 6.04 Å². The summed E-state index contributed by atoms with van der Waals surface area (Å²) in [4.78, 5) is 12.0. The molecule has 21 heavy (non-hydrogen) atoms. The molecule has 116 valence electrons. The molecular formula is C17H26N2O2. The van der Waals surface area contributed by atoms with Gasteiger partial charge in [-0.15, -0.1) is 0 Å². The molecule has 1 aromatic rings. The Hall–Kier alpha value is -1.55. The zero-order valence-electron chi connectivity index (χ0n) is 13.0. The fourth-order valence-corrected chi connectivity index (χ4v) is 2.86. The smallest absolute Gasteiger partial charge is 0.220 e. The second-order valence-corrected chi connectivity index (χ2v) is 6.16. The number of carbonyl (C=O) groups excluding carboxylic acids is 1. The largest absolute Gasteiger partial charge is 0.491 e. The predicted octanol–water partition coefficient (Wildman–Crippen LogP) is 2.40. The molecule has 1 aliphatic rings. The first-order valence-electron chi connectivity index (χ1n) is 7.79. The van der Waals surface area contributed by atoms with Crippen LogP contribution in [-0.2, 0) is 4.79 Å². The summed E-state index contributed by atoms with van der Waals surface area (Å²) >= 11 is 0. The van der Waals surface area contributed by atoms with E-state index < -0.39 is 0 Å². The SMILES string of the molecule is Cc1cccc(OCC(C)NC(=O)C[C@@H]2CCC[C@H]2N)c1. The molecule has 1 amide bonds. The van der Waals surface area contributed by atoms with Crippen molar-refractivity contribution >= 4 is 5.91 Å². The summed E-state index contributed by atoms with van der Waals surface area (Å²) in [6.07, 6.45) is 3.80. The third-order valence-electron chi connectivity index (χ3n) is 4.06. The first-order chi connectivity index (χ1) is 10.0. The molecule has 0 aromatic heterocycles. The van der Waals surface area contributed by atoms with Crippen LogP contribution in [0.5, 0.6) is 5.75 Å². The van der Waals surface area contributed by atoms with E-state index in [1.807, 2.05) is 38.1 Å². The quantitative estimate of drug-likeness (QED) is 0.845. The number of hydrogen-bond acceptors (Lipinski definition) is 3. The minimum atomic E-state index is -0.00404. The van der Waals surface area contributed by atoms with Gasteiger partial charge in [-0.05, 0) is 50.3 Å². The van der Waals surface area contributed by atoms with Crippen LogP contribution in [0.15, 0.2) is 24.3 Å². The number of benzene rings is 1. The maximum absolute atomic E-state index is 12.0. The van der Waals surface area contributed by atoms with E-state index in [9.17, 15) is 4.79 Å². The first kappa shape index (κ1) is 15.8. The van der Waals surface area contributed by atoms with Gasteiger partial charge in [0.1, 0.15) is 12.4 Å². The van der Waals surface area contributed by atoms with Crippen molar-refractivity contribution in [3.8, 4) is 5.75 Å². The van der Waals surface area contributed by atoms with Crippen LogP contribution in [0.25, 0.3) is 0 Å². The fraction of sp³-hybridized carbons (Fsp3) is 0.588. The zero-order chi connectivity index (χ0) is 15.2. The van der Waals surface area contributed by atoms with Crippen LogP contribution in [0.1, 0.15) is 38.2 Å². The van der Waals surface area contributed by atoms with Crippen LogP contribution in [0.3, 0.4) is 0 Å². The van der Waals surface area contributed by atoms with E-state index in [0.29, 0.717) is 18.9 Å². The third-order valence-corrected chi connectivity index (χ3v) is 4.06. The second kappa shape index (κ2) is 7.46. The summed E-state index contributed by atoms with van der Waals surface area (Å²) in [7, 11) is 0. The summed E-state index contributed by atoms with van der Waals surface area (Å²) in [5.41, 5.74) is 7.17. The number of hydrogen-bond donors (Lipinski definition) is 2. The molecule has 2 rings (SSSR count). The normalized spacial score (nSPS) is 22.8. The molecule has 0 bridgehead atoms. The highest BCUT2D eigenvalue weighted by Gasteiger charge is 2.26. The predicted molar refractivity (Wildman–Crippen MR) is 84.2 cm³/mol. The summed E-state index contributed by atoms with van der Waals surface area (Å²) in [6, 6.07) is 8.11. The van der Waals surface area contributed by atoms with Crippen molar-refractivity contribution in [3.63, 3.8) is 0 Å². The van der Waals surface area contributed by atoms with Gasteiger partial charge in [-0.25, -0.2) is 0 Å². The Morgan fingerprint density at radius 3 is 2.95 bits per heavy atom. The minimum Gasteiger partial charge on any atom is -0.491 e. The molecule has 1 saturated carbocycles.